The van der Waals surface area contributed by atoms with Gasteiger partial charge in [-0.2, -0.15) is 0 Å². The molecule has 5 nitrogen and oxygen atoms in total. The monoisotopic (exact) mass is 229 g/mol. The summed E-state index contributed by atoms with van der Waals surface area (Å²) in [5.74, 6) is -0.0264. The predicted octanol–water partition coefficient (Wildman–Crippen LogP) is 1.61. The average Bonchev–Trinajstić information content (AvgIpc) is 2.71. The van der Waals surface area contributed by atoms with E-state index in [0.717, 1.165) is 15.9 Å². The van der Waals surface area contributed by atoms with E-state index >= 15 is 0 Å². The van der Waals surface area contributed by atoms with Gasteiger partial charge in [-0.05, 0) is 18.6 Å². The van der Waals surface area contributed by atoms with Crippen LogP contribution < -0.4 is 4.90 Å². The fourth-order valence-corrected chi connectivity index (χ4v) is 2.04. The molecule has 5 heteroatoms. The van der Waals surface area contributed by atoms with Gasteiger partial charge in [-0.15, -0.1) is 0 Å². The van der Waals surface area contributed by atoms with Crippen molar-refractivity contribution in [3.05, 3.63) is 24.3 Å². The summed E-state index contributed by atoms with van der Waals surface area (Å²) < 4.78 is 0. The molecule has 0 bridgehead atoms. The van der Waals surface area contributed by atoms with E-state index in [1.165, 1.54) is 0 Å². The number of fused-ring (bicyclic) bond motifs is 1. The molecule has 1 saturated heterocycles. The molecule has 3 rings (SSSR count). The maximum absolute atomic E-state index is 11.7. The van der Waals surface area contributed by atoms with E-state index in [-0.39, 0.29) is 11.8 Å². The van der Waals surface area contributed by atoms with Crippen LogP contribution in [0.3, 0.4) is 0 Å². The van der Waals surface area contributed by atoms with Gasteiger partial charge in [-0.1, -0.05) is 12.1 Å². The van der Waals surface area contributed by atoms with Crippen molar-refractivity contribution in [3.63, 3.8) is 0 Å². The number of benzene rings is 1. The number of carbonyl (C=O) groups is 2. The van der Waals surface area contributed by atoms with Crippen molar-refractivity contribution in [2.75, 3.05) is 4.90 Å². The summed E-state index contributed by atoms with van der Waals surface area (Å²) in [6.07, 6.45) is 1.44. The summed E-state index contributed by atoms with van der Waals surface area (Å²) in [6.45, 7) is 0. The Hall–Kier alpha value is -2.17. The number of aromatic nitrogens is 2. The molecule has 2 amide bonds. The number of para-hydroxylation sites is 2. The van der Waals surface area contributed by atoms with Gasteiger partial charge in [-0.25, -0.2) is 9.88 Å². The van der Waals surface area contributed by atoms with Crippen molar-refractivity contribution in [2.24, 2.45) is 0 Å². The molecule has 1 aliphatic heterocycles. The highest BCUT2D eigenvalue weighted by Gasteiger charge is 2.29. The zero-order valence-electron chi connectivity index (χ0n) is 9.14. The minimum Gasteiger partial charge on any atom is -0.323 e. The highest BCUT2D eigenvalue weighted by molar-refractivity contribution is 6.15. The molecule has 1 aromatic heterocycles. The lowest BCUT2D eigenvalue weighted by Crippen LogP contribution is -2.40. The third-order valence-electron chi connectivity index (χ3n) is 2.87. The highest BCUT2D eigenvalue weighted by atomic mass is 16.2. The minimum atomic E-state index is -0.180. The number of piperidine rings is 1. The maximum atomic E-state index is 11.7. The summed E-state index contributed by atoms with van der Waals surface area (Å²) >= 11 is 0. The van der Waals surface area contributed by atoms with Crippen molar-refractivity contribution in [1.82, 2.24) is 9.97 Å². The summed E-state index contributed by atoms with van der Waals surface area (Å²) in [5.41, 5.74) is 1.59. The number of amides is 2. The fraction of sp³-hybridized carbons (Fsp3) is 0.250. The molecule has 0 spiro atoms. The number of aromatic amines is 1. The second-order valence-corrected chi connectivity index (χ2v) is 4.05. The molecule has 0 saturated carbocycles. The summed E-state index contributed by atoms with van der Waals surface area (Å²) in [4.78, 5) is 31.9. The van der Waals surface area contributed by atoms with Crippen molar-refractivity contribution in [2.45, 2.75) is 19.3 Å². The maximum Gasteiger partial charge on any atom is 0.236 e. The zero-order valence-corrected chi connectivity index (χ0v) is 9.14. The Morgan fingerprint density at radius 2 is 1.82 bits per heavy atom. The molecule has 1 N–H and O–H groups in total. The van der Waals surface area contributed by atoms with Gasteiger partial charge in [0.1, 0.15) is 0 Å². The molecular weight excluding hydrogens is 218 g/mol. The molecule has 0 aliphatic carbocycles. The second kappa shape index (κ2) is 3.69. The highest BCUT2D eigenvalue weighted by Crippen LogP contribution is 2.22. The van der Waals surface area contributed by atoms with Gasteiger partial charge >= 0.3 is 0 Å². The number of hydrogen-bond acceptors (Lipinski definition) is 3. The van der Waals surface area contributed by atoms with Crippen LogP contribution in [0.4, 0.5) is 5.95 Å². The van der Waals surface area contributed by atoms with Gasteiger partial charge in [0.25, 0.3) is 0 Å². The van der Waals surface area contributed by atoms with Gasteiger partial charge in [0.05, 0.1) is 11.0 Å². The van der Waals surface area contributed by atoms with Gasteiger partial charge in [0, 0.05) is 12.8 Å². The molecule has 0 atom stereocenters. The van der Waals surface area contributed by atoms with E-state index in [1.807, 2.05) is 24.3 Å². The number of imide groups is 1. The third-order valence-corrected chi connectivity index (χ3v) is 2.87. The van der Waals surface area contributed by atoms with Crippen molar-refractivity contribution >= 4 is 28.8 Å². The summed E-state index contributed by atoms with van der Waals surface area (Å²) in [5, 5.41) is 0. The Labute approximate surface area is 97.4 Å². The number of nitrogens with zero attached hydrogens (tertiary/aromatic N) is 2. The van der Waals surface area contributed by atoms with Crippen molar-refractivity contribution < 1.29 is 9.59 Å². The smallest absolute Gasteiger partial charge is 0.236 e. The van der Waals surface area contributed by atoms with Crippen molar-refractivity contribution in [3.8, 4) is 0 Å². The van der Waals surface area contributed by atoms with Gasteiger partial charge in [-0.3, -0.25) is 9.59 Å². The Bertz CT molecular complexity index is 554. The summed E-state index contributed by atoms with van der Waals surface area (Å²) in [6, 6.07) is 7.45. The lowest BCUT2D eigenvalue weighted by molar-refractivity contribution is -0.129. The number of anilines is 1. The Kier molecular flexibility index (Phi) is 2.18. The SMILES string of the molecule is O=C1CCCC(=O)N1c1nc2ccccc2[nH]1. The van der Waals surface area contributed by atoms with Gasteiger partial charge in [0.2, 0.25) is 17.8 Å². The van der Waals surface area contributed by atoms with E-state index in [1.54, 1.807) is 0 Å². The first-order valence-corrected chi connectivity index (χ1v) is 5.56. The first-order valence-electron chi connectivity index (χ1n) is 5.56. The number of rotatable bonds is 1. The van der Waals surface area contributed by atoms with Crippen LogP contribution in [0.5, 0.6) is 0 Å². The Morgan fingerprint density at radius 1 is 1.12 bits per heavy atom. The zero-order chi connectivity index (χ0) is 11.8. The quantitative estimate of drug-likeness (QED) is 0.755. The molecule has 2 aromatic rings. The van der Waals surface area contributed by atoms with Crippen LogP contribution in [0.2, 0.25) is 0 Å². The average molecular weight is 229 g/mol. The number of carbonyl (C=O) groups excluding carboxylic acids is 2. The van der Waals surface area contributed by atoms with Gasteiger partial charge in [0.15, 0.2) is 0 Å². The van der Waals surface area contributed by atoms with E-state index in [2.05, 4.69) is 9.97 Å². The largest absolute Gasteiger partial charge is 0.323 e. The minimum absolute atomic E-state index is 0.180. The number of nitrogens with one attached hydrogen (secondary N) is 1. The number of imidazole rings is 1. The molecule has 1 aliphatic rings. The van der Waals surface area contributed by atoms with Crippen LogP contribution in [0.1, 0.15) is 19.3 Å². The Morgan fingerprint density at radius 3 is 2.53 bits per heavy atom. The molecule has 0 unspecified atom stereocenters. The lowest BCUT2D eigenvalue weighted by atomic mass is 10.1. The fourth-order valence-electron chi connectivity index (χ4n) is 2.04. The van der Waals surface area contributed by atoms with E-state index < -0.39 is 0 Å². The van der Waals surface area contributed by atoms with Crippen LogP contribution in [0.25, 0.3) is 11.0 Å². The van der Waals surface area contributed by atoms with Crippen LogP contribution >= 0.6 is 0 Å². The Balaban J connectivity index is 2.07. The number of H-pyrrole nitrogens is 1. The predicted molar refractivity (Wildman–Crippen MR) is 62.4 cm³/mol. The summed E-state index contributed by atoms with van der Waals surface area (Å²) in [7, 11) is 0. The number of hydrogen-bond donors (Lipinski definition) is 1. The molecule has 86 valence electrons. The van der Waals surface area contributed by atoms with E-state index in [0.29, 0.717) is 25.2 Å². The second-order valence-electron chi connectivity index (χ2n) is 4.05. The molecule has 2 heterocycles. The van der Waals surface area contributed by atoms with Crippen LogP contribution in [-0.4, -0.2) is 21.8 Å². The third kappa shape index (κ3) is 1.60. The van der Waals surface area contributed by atoms with Crippen LogP contribution in [-0.2, 0) is 9.59 Å². The van der Waals surface area contributed by atoms with Crippen molar-refractivity contribution in [1.29, 1.82) is 0 Å². The lowest BCUT2D eigenvalue weighted by Gasteiger charge is -2.21. The standard InChI is InChI=1S/C12H11N3O2/c16-10-6-3-7-11(17)15(10)12-13-8-4-1-2-5-9(8)14-12/h1-2,4-5H,3,6-7H2,(H,13,14). The first-order chi connectivity index (χ1) is 8.25. The molecule has 17 heavy (non-hydrogen) atoms. The van der Waals surface area contributed by atoms with Crippen LogP contribution in [0, 0.1) is 0 Å². The molecule has 1 fully saturated rings. The first kappa shape index (κ1) is 10.0. The van der Waals surface area contributed by atoms with E-state index in [9.17, 15) is 9.59 Å². The van der Waals surface area contributed by atoms with E-state index in [4.69, 9.17) is 0 Å². The molecule has 1 aromatic carbocycles. The topological polar surface area (TPSA) is 66.1 Å². The van der Waals surface area contributed by atoms with Gasteiger partial charge < -0.3 is 4.98 Å². The molecular formula is C12H11N3O2. The molecule has 0 radical (unpaired) electrons. The van der Waals surface area contributed by atoms with Crippen LogP contribution in [0.15, 0.2) is 24.3 Å². The normalized spacial score (nSPS) is 16.8.